The first-order valence-electron chi connectivity index (χ1n) is 6.45. The van der Waals surface area contributed by atoms with E-state index in [0.29, 0.717) is 13.1 Å². The first-order valence-corrected chi connectivity index (χ1v) is 6.45. The SMILES string of the molecule is CC(C(=O)N1CCC(C#N)CC1)c1ccccc1. The molecule has 1 atom stereocenters. The van der Waals surface area contributed by atoms with Gasteiger partial charge in [-0.15, -0.1) is 0 Å². The lowest BCUT2D eigenvalue weighted by Crippen LogP contribution is -2.40. The summed E-state index contributed by atoms with van der Waals surface area (Å²) in [5.74, 6) is 0.212. The van der Waals surface area contributed by atoms with Crippen LogP contribution in [0.2, 0.25) is 0 Å². The van der Waals surface area contributed by atoms with Crippen LogP contribution in [-0.4, -0.2) is 23.9 Å². The topological polar surface area (TPSA) is 44.1 Å². The number of hydrogen-bond donors (Lipinski definition) is 0. The van der Waals surface area contributed by atoms with Gasteiger partial charge >= 0.3 is 0 Å². The summed E-state index contributed by atoms with van der Waals surface area (Å²) >= 11 is 0. The predicted octanol–water partition coefficient (Wildman–Crippen LogP) is 2.55. The van der Waals surface area contributed by atoms with Crippen molar-refractivity contribution in [2.45, 2.75) is 25.7 Å². The van der Waals surface area contributed by atoms with Gasteiger partial charge in [0.25, 0.3) is 0 Å². The summed E-state index contributed by atoms with van der Waals surface area (Å²) in [6, 6.07) is 12.1. The summed E-state index contributed by atoms with van der Waals surface area (Å²) < 4.78 is 0. The third-order valence-electron chi connectivity index (χ3n) is 3.66. The lowest BCUT2D eigenvalue weighted by Gasteiger charge is -2.31. The number of carbonyl (C=O) groups is 1. The van der Waals surface area contributed by atoms with Crippen molar-refractivity contribution < 1.29 is 4.79 Å². The molecule has 0 bridgehead atoms. The molecule has 18 heavy (non-hydrogen) atoms. The maximum Gasteiger partial charge on any atom is 0.229 e. The zero-order valence-electron chi connectivity index (χ0n) is 10.7. The Bertz CT molecular complexity index is 441. The van der Waals surface area contributed by atoms with E-state index in [9.17, 15) is 4.79 Å². The van der Waals surface area contributed by atoms with Crippen LogP contribution in [0.3, 0.4) is 0 Å². The zero-order valence-corrected chi connectivity index (χ0v) is 10.7. The summed E-state index contributed by atoms with van der Waals surface area (Å²) in [5, 5.41) is 8.85. The molecule has 1 fully saturated rings. The van der Waals surface area contributed by atoms with Crippen molar-refractivity contribution >= 4 is 5.91 Å². The molecule has 0 radical (unpaired) electrons. The maximum atomic E-state index is 12.3. The second-order valence-corrected chi connectivity index (χ2v) is 4.86. The van der Waals surface area contributed by atoms with Gasteiger partial charge in [0.2, 0.25) is 5.91 Å². The molecule has 0 N–H and O–H groups in total. The second-order valence-electron chi connectivity index (χ2n) is 4.86. The van der Waals surface area contributed by atoms with E-state index in [2.05, 4.69) is 6.07 Å². The van der Waals surface area contributed by atoms with Gasteiger partial charge in [0, 0.05) is 19.0 Å². The molecule has 0 aromatic heterocycles. The van der Waals surface area contributed by atoms with Crippen LogP contribution in [0.5, 0.6) is 0 Å². The number of rotatable bonds is 2. The molecule has 1 saturated heterocycles. The first kappa shape index (κ1) is 12.6. The fourth-order valence-electron chi connectivity index (χ4n) is 2.39. The van der Waals surface area contributed by atoms with Gasteiger partial charge in [0.05, 0.1) is 12.0 Å². The van der Waals surface area contributed by atoms with Crippen molar-refractivity contribution in [1.82, 2.24) is 4.90 Å². The minimum absolute atomic E-state index is 0.0927. The average molecular weight is 242 g/mol. The van der Waals surface area contributed by atoms with Crippen molar-refractivity contribution in [2.75, 3.05) is 13.1 Å². The summed E-state index contributed by atoms with van der Waals surface area (Å²) in [5.41, 5.74) is 1.06. The lowest BCUT2D eigenvalue weighted by molar-refractivity contribution is -0.133. The Balaban J connectivity index is 1.98. The van der Waals surface area contributed by atoms with E-state index in [1.165, 1.54) is 0 Å². The van der Waals surface area contributed by atoms with Gasteiger partial charge in [-0.25, -0.2) is 0 Å². The van der Waals surface area contributed by atoms with Crippen LogP contribution in [-0.2, 0) is 4.79 Å². The van der Waals surface area contributed by atoms with Crippen LogP contribution in [0.15, 0.2) is 30.3 Å². The Kier molecular flexibility index (Phi) is 3.99. The lowest BCUT2D eigenvalue weighted by atomic mass is 9.95. The minimum Gasteiger partial charge on any atom is -0.342 e. The van der Waals surface area contributed by atoms with Crippen LogP contribution in [0, 0.1) is 17.2 Å². The molecule has 1 aliphatic rings. The van der Waals surface area contributed by atoms with Gasteiger partial charge in [-0.2, -0.15) is 5.26 Å². The highest BCUT2D eigenvalue weighted by molar-refractivity contribution is 5.83. The highest BCUT2D eigenvalue weighted by Gasteiger charge is 2.26. The molecule has 94 valence electrons. The summed E-state index contributed by atoms with van der Waals surface area (Å²) in [4.78, 5) is 14.2. The Morgan fingerprint density at radius 3 is 2.50 bits per heavy atom. The molecule has 0 aliphatic carbocycles. The fraction of sp³-hybridized carbons (Fsp3) is 0.467. The molecule has 3 nitrogen and oxygen atoms in total. The molecule has 2 rings (SSSR count). The molecule has 1 unspecified atom stereocenters. The van der Waals surface area contributed by atoms with E-state index >= 15 is 0 Å². The van der Waals surface area contributed by atoms with Crippen LogP contribution < -0.4 is 0 Å². The third-order valence-corrected chi connectivity index (χ3v) is 3.66. The Morgan fingerprint density at radius 2 is 1.94 bits per heavy atom. The molecule has 1 aromatic rings. The monoisotopic (exact) mass is 242 g/mol. The van der Waals surface area contributed by atoms with Crippen LogP contribution in [0.1, 0.15) is 31.2 Å². The molecule has 0 spiro atoms. The number of hydrogen-bond acceptors (Lipinski definition) is 2. The van der Waals surface area contributed by atoms with Crippen molar-refractivity contribution in [3.8, 4) is 6.07 Å². The zero-order chi connectivity index (χ0) is 13.0. The van der Waals surface area contributed by atoms with Crippen molar-refractivity contribution in [3.63, 3.8) is 0 Å². The first-order chi connectivity index (χ1) is 8.72. The number of carbonyl (C=O) groups excluding carboxylic acids is 1. The average Bonchev–Trinajstić information content (AvgIpc) is 2.47. The molecule has 1 heterocycles. The van der Waals surface area contributed by atoms with E-state index in [1.54, 1.807) is 0 Å². The van der Waals surface area contributed by atoms with Gasteiger partial charge in [0.1, 0.15) is 0 Å². The molecular weight excluding hydrogens is 224 g/mol. The molecule has 0 saturated carbocycles. The van der Waals surface area contributed by atoms with Crippen molar-refractivity contribution in [1.29, 1.82) is 5.26 Å². The highest BCUT2D eigenvalue weighted by Crippen LogP contribution is 2.22. The molecular formula is C15H18N2O. The van der Waals surface area contributed by atoms with Crippen LogP contribution >= 0.6 is 0 Å². The smallest absolute Gasteiger partial charge is 0.229 e. The largest absolute Gasteiger partial charge is 0.342 e. The van der Waals surface area contributed by atoms with E-state index in [4.69, 9.17) is 5.26 Å². The minimum atomic E-state index is -0.0927. The number of nitrogens with zero attached hydrogens (tertiary/aromatic N) is 2. The van der Waals surface area contributed by atoms with Gasteiger partial charge in [-0.3, -0.25) is 4.79 Å². The number of piperidine rings is 1. The van der Waals surface area contributed by atoms with Crippen molar-refractivity contribution in [2.24, 2.45) is 5.92 Å². The Hall–Kier alpha value is -1.82. The number of nitriles is 1. The van der Waals surface area contributed by atoms with E-state index in [-0.39, 0.29) is 17.7 Å². The maximum absolute atomic E-state index is 12.3. The standard InChI is InChI=1S/C15H18N2O/c1-12(14-5-3-2-4-6-14)15(18)17-9-7-13(11-16)8-10-17/h2-6,12-13H,7-10H2,1H3. The Labute approximate surface area is 108 Å². The molecule has 1 aromatic carbocycles. The van der Waals surface area contributed by atoms with E-state index in [0.717, 1.165) is 18.4 Å². The second kappa shape index (κ2) is 5.68. The molecule has 1 amide bonds. The highest BCUT2D eigenvalue weighted by atomic mass is 16.2. The summed E-state index contributed by atoms with van der Waals surface area (Å²) in [6.07, 6.45) is 1.62. The van der Waals surface area contributed by atoms with Crippen LogP contribution in [0.4, 0.5) is 0 Å². The van der Waals surface area contributed by atoms with Gasteiger partial charge in [0.15, 0.2) is 0 Å². The van der Waals surface area contributed by atoms with E-state index < -0.39 is 0 Å². The summed E-state index contributed by atoms with van der Waals surface area (Å²) in [7, 11) is 0. The van der Waals surface area contributed by atoms with Crippen molar-refractivity contribution in [3.05, 3.63) is 35.9 Å². The normalized spacial score (nSPS) is 18.1. The number of amides is 1. The number of benzene rings is 1. The molecule has 3 heteroatoms. The predicted molar refractivity (Wildman–Crippen MR) is 69.8 cm³/mol. The fourth-order valence-corrected chi connectivity index (χ4v) is 2.39. The van der Waals surface area contributed by atoms with Gasteiger partial charge < -0.3 is 4.90 Å². The molecule has 1 aliphatic heterocycles. The van der Waals surface area contributed by atoms with E-state index in [1.807, 2.05) is 42.2 Å². The summed E-state index contributed by atoms with van der Waals surface area (Å²) in [6.45, 7) is 3.39. The third kappa shape index (κ3) is 2.70. The van der Waals surface area contributed by atoms with Gasteiger partial charge in [-0.1, -0.05) is 30.3 Å². The quantitative estimate of drug-likeness (QED) is 0.800. The number of likely N-dealkylation sites (tertiary alicyclic amines) is 1. The van der Waals surface area contributed by atoms with Crippen LogP contribution in [0.25, 0.3) is 0 Å². The van der Waals surface area contributed by atoms with Gasteiger partial charge in [-0.05, 0) is 25.3 Å². The Morgan fingerprint density at radius 1 is 1.33 bits per heavy atom.